The number of rotatable bonds is 7. The maximum absolute atomic E-state index is 11.9. The van der Waals surface area contributed by atoms with Gasteiger partial charge in [-0.1, -0.05) is 40.2 Å². The summed E-state index contributed by atoms with van der Waals surface area (Å²) >= 11 is 3.40. The van der Waals surface area contributed by atoms with Crippen LogP contribution in [0.1, 0.15) is 18.9 Å². The topological polar surface area (TPSA) is 64.4 Å². The van der Waals surface area contributed by atoms with Crippen molar-refractivity contribution in [3.8, 4) is 5.75 Å². The third kappa shape index (κ3) is 6.81. The summed E-state index contributed by atoms with van der Waals surface area (Å²) in [5.41, 5.74) is 7.60. The van der Waals surface area contributed by atoms with E-state index in [1.54, 1.807) is 0 Å². The molecule has 3 N–H and O–H groups in total. The van der Waals surface area contributed by atoms with Crippen molar-refractivity contribution in [2.75, 3.05) is 12.3 Å². The van der Waals surface area contributed by atoms with Crippen molar-refractivity contribution in [2.24, 2.45) is 0 Å². The number of aryl methyl sites for hydroxylation is 1. The highest BCUT2D eigenvalue weighted by molar-refractivity contribution is 9.10. The van der Waals surface area contributed by atoms with Crippen LogP contribution in [-0.4, -0.2) is 18.6 Å². The van der Waals surface area contributed by atoms with Crippen molar-refractivity contribution in [3.05, 3.63) is 58.6 Å². The summed E-state index contributed by atoms with van der Waals surface area (Å²) < 4.78 is 6.73. The molecule has 130 valence electrons. The minimum atomic E-state index is -0.102. The molecular weight excluding hydrogens is 392 g/mol. The van der Waals surface area contributed by atoms with E-state index >= 15 is 0 Å². The molecule has 24 heavy (non-hydrogen) atoms. The van der Waals surface area contributed by atoms with E-state index in [9.17, 15) is 4.79 Å². The Balaban J connectivity index is 0.00000288. The van der Waals surface area contributed by atoms with Crippen LogP contribution in [0.5, 0.6) is 5.75 Å². The molecule has 0 saturated heterocycles. The molecule has 0 aliphatic rings. The van der Waals surface area contributed by atoms with Crippen molar-refractivity contribution in [1.29, 1.82) is 0 Å². The van der Waals surface area contributed by atoms with Gasteiger partial charge in [0.05, 0.1) is 6.54 Å². The molecule has 1 amide bonds. The molecule has 0 spiro atoms. The molecular formula is C18H22BrClN2O2. The molecule has 1 unspecified atom stereocenters. The zero-order chi connectivity index (χ0) is 16.7. The number of para-hydroxylation sites is 1. The molecule has 0 fully saturated rings. The second-order valence-electron chi connectivity index (χ2n) is 5.39. The van der Waals surface area contributed by atoms with Crippen LogP contribution in [0.2, 0.25) is 0 Å². The predicted molar refractivity (Wildman–Crippen MR) is 104 cm³/mol. The van der Waals surface area contributed by atoms with Gasteiger partial charge in [-0.25, -0.2) is 0 Å². The van der Waals surface area contributed by atoms with Gasteiger partial charge in [0.2, 0.25) is 5.91 Å². The number of benzene rings is 2. The van der Waals surface area contributed by atoms with Gasteiger partial charge in [0.15, 0.2) is 0 Å². The van der Waals surface area contributed by atoms with Crippen LogP contribution >= 0.6 is 28.3 Å². The Hall–Kier alpha value is -1.72. The Labute approximate surface area is 157 Å². The lowest BCUT2D eigenvalue weighted by Crippen LogP contribution is -2.33. The molecule has 2 aromatic rings. The third-order valence-corrected chi connectivity index (χ3v) is 3.89. The van der Waals surface area contributed by atoms with Crippen molar-refractivity contribution in [2.45, 2.75) is 25.9 Å². The van der Waals surface area contributed by atoms with Crippen molar-refractivity contribution in [3.63, 3.8) is 0 Å². The zero-order valence-corrected chi connectivity index (χ0v) is 15.9. The second kappa shape index (κ2) is 10.2. The number of amides is 1. The minimum absolute atomic E-state index is 0. The van der Waals surface area contributed by atoms with Gasteiger partial charge >= 0.3 is 0 Å². The maximum atomic E-state index is 11.9. The van der Waals surface area contributed by atoms with E-state index in [4.69, 9.17) is 10.5 Å². The first kappa shape index (κ1) is 20.3. The standard InChI is InChI=1S/C18H21BrN2O2.ClH/c1-13(23-16-7-4-6-15(19)11-16)12-21-18(22)10-9-14-5-2-3-8-17(14)20;/h2-8,11,13H,9-10,12,20H2,1H3,(H,21,22);1H. The van der Waals surface area contributed by atoms with Gasteiger partial charge in [-0.15, -0.1) is 12.4 Å². The average molecular weight is 414 g/mol. The maximum Gasteiger partial charge on any atom is 0.220 e. The summed E-state index contributed by atoms with van der Waals surface area (Å²) in [6.45, 7) is 2.39. The van der Waals surface area contributed by atoms with Crippen LogP contribution in [-0.2, 0) is 11.2 Å². The van der Waals surface area contributed by atoms with E-state index in [1.807, 2.05) is 55.5 Å². The molecule has 1 atom stereocenters. The smallest absolute Gasteiger partial charge is 0.220 e. The normalized spacial score (nSPS) is 11.2. The van der Waals surface area contributed by atoms with Gasteiger partial charge < -0.3 is 15.8 Å². The number of nitrogens with two attached hydrogens (primary N) is 1. The molecule has 0 aliphatic heterocycles. The Morgan fingerprint density at radius 1 is 1.25 bits per heavy atom. The number of nitrogens with one attached hydrogen (secondary N) is 1. The van der Waals surface area contributed by atoms with Crippen LogP contribution in [0.4, 0.5) is 5.69 Å². The fraction of sp³-hybridized carbons (Fsp3) is 0.278. The fourth-order valence-corrected chi connectivity index (χ4v) is 2.55. The number of halogens is 2. The SMILES string of the molecule is CC(CNC(=O)CCc1ccccc1N)Oc1cccc(Br)c1.Cl. The lowest BCUT2D eigenvalue weighted by atomic mass is 10.1. The summed E-state index contributed by atoms with van der Waals surface area (Å²) in [7, 11) is 0. The van der Waals surface area contributed by atoms with E-state index in [2.05, 4.69) is 21.2 Å². The first-order valence-corrected chi connectivity index (χ1v) is 8.36. The second-order valence-corrected chi connectivity index (χ2v) is 6.30. The number of hydrogen-bond acceptors (Lipinski definition) is 3. The fourth-order valence-electron chi connectivity index (χ4n) is 2.17. The summed E-state index contributed by atoms with van der Waals surface area (Å²) in [5.74, 6) is 0.774. The van der Waals surface area contributed by atoms with Gasteiger partial charge in [0, 0.05) is 16.6 Å². The molecule has 4 nitrogen and oxygen atoms in total. The van der Waals surface area contributed by atoms with Gasteiger partial charge in [-0.2, -0.15) is 0 Å². The molecule has 2 aromatic carbocycles. The van der Waals surface area contributed by atoms with Crippen LogP contribution in [0.15, 0.2) is 53.0 Å². The van der Waals surface area contributed by atoms with E-state index in [0.717, 1.165) is 21.5 Å². The molecule has 0 radical (unpaired) electrons. The molecule has 2 rings (SSSR count). The molecule has 6 heteroatoms. The van der Waals surface area contributed by atoms with Crippen LogP contribution < -0.4 is 15.8 Å². The van der Waals surface area contributed by atoms with Gasteiger partial charge in [-0.05, 0) is 43.2 Å². The zero-order valence-electron chi connectivity index (χ0n) is 13.5. The summed E-state index contributed by atoms with van der Waals surface area (Å²) in [5, 5.41) is 2.89. The number of ether oxygens (including phenoxy) is 1. The Morgan fingerprint density at radius 3 is 2.71 bits per heavy atom. The monoisotopic (exact) mass is 412 g/mol. The van der Waals surface area contributed by atoms with Gasteiger partial charge in [-0.3, -0.25) is 4.79 Å². The van der Waals surface area contributed by atoms with E-state index < -0.39 is 0 Å². The first-order chi connectivity index (χ1) is 11.0. The van der Waals surface area contributed by atoms with Gasteiger partial charge in [0.1, 0.15) is 11.9 Å². The van der Waals surface area contributed by atoms with E-state index in [-0.39, 0.29) is 24.4 Å². The summed E-state index contributed by atoms with van der Waals surface area (Å²) in [4.78, 5) is 11.9. The first-order valence-electron chi connectivity index (χ1n) is 7.57. The highest BCUT2D eigenvalue weighted by atomic mass is 79.9. The van der Waals surface area contributed by atoms with Crippen molar-refractivity contribution >= 4 is 39.9 Å². The number of nitrogen functional groups attached to an aromatic ring is 1. The summed E-state index contributed by atoms with van der Waals surface area (Å²) in [6.07, 6.45) is 0.951. The quantitative estimate of drug-likeness (QED) is 0.675. The van der Waals surface area contributed by atoms with E-state index in [0.29, 0.717) is 19.4 Å². The van der Waals surface area contributed by atoms with Crippen LogP contribution in [0.3, 0.4) is 0 Å². The molecule has 0 aromatic heterocycles. The molecule has 0 aliphatic carbocycles. The Kier molecular flexibility index (Phi) is 8.65. The molecule has 0 heterocycles. The van der Waals surface area contributed by atoms with Crippen molar-refractivity contribution in [1.82, 2.24) is 5.32 Å². The highest BCUT2D eigenvalue weighted by Crippen LogP contribution is 2.18. The van der Waals surface area contributed by atoms with Crippen LogP contribution in [0, 0.1) is 0 Å². The lowest BCUT2D eigenvalue weighted by molar-refractivity contribution is -0.121. The summed E-state index contributed by atoms with van der Waals surface area (Å²) in [6, 6.07) is 15.3. The number of hydrogen-bond donors (Lipinski definition) is 2. The van der Waals surface area contributed by atoms with Gasteiger partial charge in [0.25, 0.3) is 0 Å². The van der Waals surface area contributed by atoms with E-state index in [1.165, 1.54) is 0 Å². The predicted octanol–water partition coefficient (Wildman–Crippen LogP) is 3.97. The lowest BCUT2D eigenvalue weighted by Gasteiger charge is -2.15. The third-order valence-electron chi connectivity index (χ3n) is 3.40. The average Bonchev–Trinajstić information content (AvgIpc) is 2.52. The Bertz CT molecular complexity index is 667. The van der Waals surface area contributed by atoms with Crippen LogP contribution in [0.25, 0.3) is 0 Å². The molecule has 0 saturated carbocycles. The van der Waals surface area contributed by atoms with Crippen molar-refractivity contribution < 1.29 is 9.53 Å². The number of carbonyl (C=O) groups excluding carboxylic acids is 1. The molecule has 0 bridgehead atoms. The largest absolute Gasteiger partial charge is 0.489 e. The number of carbonyl (C=O) groups is 1. The minimum Gasteiger partial charge on any atom is -0.489 e. The Morgan fingerprint density at radius 2 is 2.00 bits per heavy atom. The number of anilines is 1. The highest BCUT2D eigenvalue weighted by Gasteiger charge is 2.08.